The van der Waals surface area contributed by atoms with Gasteiger partial charge in [0.1, 0.15) is 5.75 Å². The molecule has 0 bridgehead atoms. The SMILES string of the molecule is COc1ccc(-c2nnc(/C=C/c3cc(OC)c(OC)c(OC)c3)o2)cc1. The quantitative estimate of drug-likeness (QED) is 0.625. The maximum atomic E-state index is 5.69. The smallest absolute Gasteiger partial charge is 0.248 e. The molecular weight excluding hydrogens is 348 g/mol. The first-order valence-corrected chi connectivity index (χ1v) is 8.14. The molecule has 2 aromatic carbocycles. The van der Waals surface area contributed by atoms with Crippen molar-refractivity contribution in [2.24, 2.45) is 0 Å². The fraction of sp³-hybridized carbons (Fsp3) is 0.200. The molecule has 140 valence electrons. The Morgan fingerprint density at radius 1 is 0.778 bits per heavy atom. The summed E-state index contributed by atoms with van der Waals surface area (Å²) in [6.45, 7) is 0. The van der Waals surface area contributed by atoms with Crippen LogP contribution < -0.4 is 18.9 Å². The zero-order valence-corrected chi connectivity index (χ0v) is 15.6. The molecule has 0 radical (unpaired) electrons. The summed E-state index contributed by atoms with van der Waals surface area (Å²) >= 11 is 0. The van der Waals surface area contributed by atoms with Gasteiger partial charge in [-0.1, -0.05) is 0 Å². The topological polar surface area (TPSA) is 75.8 Å². The molecule has 0 saturated heterocycles. The van der Waals surface area contributed by atoms with Crippen molar-refractivity contribution in [1.29, 1.82) is 0 Å². The Morgan fingerprint density at radius 3 is 2.00 bits per heavy atom. The fourth-order valence-corrected chi connectivity index (χ4v) is 2.52. The van der Waals surface area contributed by atoms with Crippen molar-refractivity contribution in [3.8, 4) is 34.5 Å². The Labute approximate surface area is 157 Å². The fourth-order valence-electron chi connectivity index (χ4n) is 2.52. The van der Waals surface area contributed by atoms with Crippen LogP contribution in [0.1, 0.15) is 11.5 Å². The van der Waals surface area contributed by atoms with E-state index in [0.29, 0.717) is 29.0 Å². The van der Waals surface area contributed by atoms with Crippen LogP contribution in [0.3, 0.4) is 0 Å². The molecule has 1 heterocycles. The first kappa shape index (κ1) is 18.3. The van der Waals surface area contributed by atoms with Crippen LogP contribution in [0, 0.1) is 0 Å². The lowest BCUT2D eigenvalue weighted by Crippen LogP contribution is -1.95. The van der Waals surface area contributed by atoms with E-state index < -0.39 is 0 Å². The van der Waals surface area contributed by atoms with Crippen molar-refractivity contribution in [2.45, 2.75) is 0 Å². The lowest BCUT2D eigenvalue weighted by atomic mass is 10.1. The van der Waals surface area contributed by atoms with Gasteiger partial charge in [0.05, 0.1) is 28.4 Å². The van der Waals surface area contributed by atoms with Gasteiger partial charge >= 0.3 is 0 Å². The monoisotopic (exact) mass is 368 g/mol. The number of hydrogen-bond donors (Lipinski definition) is 0. The highest BCUT2D eigenvalue weighted by molar-refractivity contribution is 5.70. The summed E-state index contributed by atoms with van der Waals surface area (Å²) in [6.07, 6.45) is 3.55. The van der Waals surface area contributed by atoms with Crippen LogP contribution >= 0.6 is 0 Å². The third-order valence-electron chi connectivity index (χ3n) is 3.88. The van der Waals surface area contributed by atoms with Gasteiger partial charge in [-0.2, -0.15) is 0 Å². The normalized spacial score (nSPS) is 10.8. The Hall–Kier alpha value is -3.48. The maximum absolute atomic E-state index is 5.69. The van der Waals surface area contributed by atoms with Crippen molar-refractivity contribution in [3.05, 3.63) is 47.9 Å². The molecule has 3 rings (SSSR count). The van der Waals surface area contributed by atoms with Crippen LogP contribution in [0.5, 0.6) is 23.0 Å². The zero-order valence-electron chi connectivity index (χ0n) is 15.6. The van der Waals surface area contributed by atoms with Gasteiger partial charge in [-0.25, -0.2) is 0 Å². The van der Waals surface area contributed by atoms with E-state index in [9.17, 15) is 0 Å². The summed E-state index contributed by atoms with van der Waals surface area (Å²) in [6, 6.07) is 11.1. The van der Waals surface area contributed by atoms with E-state index in [2.05, 4.69) is 10.2 Å². The standard InChI is InChI=1S/C20H20N2O5/c1-23-15-8-6-14(7-9-15)20-22-21-18(27-20)10-5-13-11-16(24-2)19(26-4)17(12-13)25-3/h5-12H,1-4H3/b10-5+. The van der Waals surface area contributed by atoms with Crippen molar-refractivity contribution in [1.82, 2.24) is 10.2 Å². The highest BCUT2D eigenvalue weighted by Gasteiger charge is 2.12. The first-order chi connectivity index (χ1) is 13.2. The molecule has 0 fully saturated rings. The van der Waals surface area contributed by atoms with Gasteiger partial charge < -0.3 is 23.4 Å². The van der Waals surface area contributed by atoms with Crippen molar-refractivity contribution >= 4 is 12.2 Å². The summed E-state index contributed by atoms with van der Waals surface area (Å²) in [7, 11) is 6.33. The van der Waals surface area contributed by atoms with E-state index in [1.54, 1.807) is 34.5 Å². The van der Waals surface area contributed by atoms with E-state index in [-0.39, 0.29) is 0 Å². The Kier molecular flexibility index (Phi) is 5.61. The third kappa shape index (κ3) is 4.03. The van der Waals surface area contributed by atoms with Gasteiger partial charge in [0, 0.05) is 11.6 Å². The number of ether oxygens (including phenoxy) is 4. The predicted molar refractivity (Wildman–Crippen MR) is 101 cm³/mol. The molecule has 0 aliphatic rings. The summed E-state index contributed by atoms with van der Waals surface area (Å²) in [5.74, 6) is 3.26. The van der Waals surface area contributed by atoms with Crippen LogP contribution in [0.4, 0.5) is 0 Å². The molecule has 27 heavy (non-hydrogen) atoms. The van der Waals surface area contributed by atoms with Crippen LogP contribution in [-0.4, -0.2) is 38.6 Å². The summed E-state index contributed by atoms with van der Waals surface area (Å²) < 4.78 is 26.9. The summed E-state index contributed by atoms with van der Waals surface area (Å²) in [4.78, 5) is 0. The van der Waals surface area contributed by atoms with Crippen molar-refractivity contribution < 1.29 is 23.4 Å². The molecule has 0 aliphatic heterocycles. The van der Waals surface area contributed by atoms with Gasteiger partial charge in [-0.05, 0) is 48.0 Å². The number of benzene rings is 2. The van der Waals surface area contributed by atoms with Crippen LogP contribution in [-0.2, 0) is 0 Å². The largest absolute Gasteiger partial charge is 0.497 e. The Morgan fingerprint density at radius 2 is 1.44 bits per heavy atom. The second-order valence-electron chi connectivity index (χ2n) is 5.47. The highest BCUT2D eigenvalue weighted by Crippen LogP contribution is 2.38. The second-order valence-corrected chi connectivity index (χ2v) is 5.47. The molecule has 0 unspecified atom stereocenters. The van der Waals surface area contributed by atoms with E-state index in [0.717, 1.165) is 16.9 Å². The third-order valence-corrected chi connectivity index (χ3v) is 3.88. The van der Waals surface area contributed by atoms with Crippen LogP contribution in [0.15, 0.2) is 40.8 Å². The number of methoxy groups -OCH3 is 4. The molecule has 0 atom stereocenters. The van der Waals surface area contributed by atoms with Gasteiger partial charge in [0.25, 0.3) is 0 Å². The summed E-state index contributed by atoms with van der Waals surface area (Å²) in [5, 5.41) is 8.12. The molecule has 0 aliphatic carbocycles. The van der Waals surface area contributed by atoms with E-state index in [4.69, 9.17) is 23.4 Å². The predicted octanol–water partition coefficient (Wildman–Crippen LogP) is 3.94. The Bertz CT molecular complexity index is 907. The number of rotatable bonds is 7. The minimum atomic E-state index is 0.384. The summed E-state index contributed by atoms with van der Waals surface area (Å²) in [5.41, 5.74) is 1.66. The van der Waals surface area contributed by atoms with Gasteiger partial charge in [-0.15, -0.1) is 10.2 Å². The van der Waals surface area contributed by atoms with Crippen molar-refractivity contribution in [2.75, 3.05) is 28.4 Å². The van der Waals surface area contributed by atoms with Gasteiger partial charge in [-0.3, -0.25) is 0 Å². The number of hydrogen-bond acceptors (Lipinski definition) is 7. The minimum absolute atomic E-state index is 0.384. The lowest BCUT2D eigenvalue weighted by molar-refractivity contribution is 0.324. The molecule has 0 N–H and O–H groups in total. The van der Waals surface area contributed by atoms with E-state index in [1.807, 2.05) is 42.5 Å². The van der Waals surface area contributed by atoms with Gasteiger partial charge in [0.2, 0.25) is 17.5 Å². The highest BCUT2D eigenvalue weighted by atomic mass is 16.5. The maximum Gasteiger partial charge on any atom is 0.248 e. The van der Waals surface area contributed by atoms with Gasteiger partial charge in [0.15, 0.2) is 11.5 Å². The molecule has 0 amide bonds. The van der Waals surface area contributed by atoms with Crippen LogP contribution in [0.25, 0.3) is 23.6 Å². The zero-order chi connectivity index (χ0) is 19.2. The average molecular weight is 368 g/mol. The molecule has 1 aromatic heterocycles. The van der Waals surface area contributed by atoms with Crippen molar-refractivity contribution in [3.63, 3.8) is 0 Å². The molecule has 0 saturated carbocycles. The minimum Gasteiger partial charge on any atom is -0.497 e. The molecule has 7 nitrogen and oxygen atoms in total. The second kappa shape index (κ2) is 8.27. The molecule has 0 spiro atoms. The molecular formula is C20H20N2O5. The molecule has 3 aromatic rings. The van der Waals surface area contributed by atoms with E-state index >= 15 is 0 Å². The lowest BCUT2D eigenvalue weighted by Gasteiger charge is -2.12. The first-order valence-electron chi connectivity index (χ1n) is 8.14. The van der Waals surface area contributed by atoms with Crippen LogP contribution in [0.2, 0.25) is 0 Å². The average Bonchev–Trinajstić information content (AvgIpc) is 3.20. The Balaban J connectivity index is 1.83. The molecule has 7 heteroatoms. The number of nitrogens with zero attached hydrogens (tertiary/aromatic N) is 2. The van der Waals surface area contributed by atoms with E-state index in [1.165, 1.54) is 0 Å². The number of aromatic nitrogens is 2.